The van der Waals surface area contributed by atoms with Crippen LogP contribution in [0.1, 0.15) is 28.4 Å². The lowest BCUT2D eigenvalue weighted by Crippen LogP contribution is -2.04. The second-order valence-corrected chi connectivity index (χ2v) is 5.57. The average molecular weight is 277 g/mol. The Morgan fingerprint density at radius 2 is 1.90 bits per heavy atom. The Bertz CT molecular complexity index is 774. The fourth-order valence-electron chi connectivity index (χ4n) is 2.76. The van der Waals surface area contributed by atoms with Gasteiger partial charge in [-0.25, -0.2) is 0 Å². The zero-order chi connectivity index (χ0) is 14.8. The van der Waals surface area contributed by atoms with E-state index in [0.717, 1.165) is 16.5 Å². The summed E-state index contributed by atoms with van der Waals surface area (Å²) in [4.78, 5) is 4.35. The van der Waals surface area contributed by atoms with Crippen LogP contribution >= 0.6 is 0 Å². The van der Waals surface area contributed by atoms with Gasteiger partial charge in [0.05, 0.1) is 11.6 Å². The molecule has 1 N–H and O–H groups in total. The van der Waals surface area contributed by atoms with Crippen LogP contribution in [0.25, 0.3) is 10.9 Å². The van der Waals surface area contributed by atoms with Crippen LogP contribution in [0.15, 0.2) is 54.7 Å². The van der Waals surface area contributed by atoms with Gasteiger partial charge in [-0.1, -0.05) is 42.0 Å². The van der Waals surface area contributed by atoms with Crippen LogP contribution in [-0.4, -0.2) is 10.1 Å². The molecule has 2 nitrogen and oxygen atoms in total. The molecule has 0 fully saturated rings. The maximum atomic E-state index is 10.7. The molecule has 0 aliphatic rings. The largest absolute Gasteiger partial charge is 0.388 e. The van der Waals surface area contributed by atoms with Gasteiger partial charge >= 0.3 is 0 Å². The van der Waals surface area contributed by atoms with E-state index in [1.807, 2.05) is 30.3 Å². The highest BCUT2D eigenvalue weighted by molar-refractivity contribution is 5.82. The van der Waals surface area contributed by atoms with Gasteiger partial charge in [0.15, 0.2) is 0 Å². The van der Waals surface area contributed by atoms with Crippen molar-refractivity contribution in [1.82, 2.24) is 4.98 Å². The molecular formula is C19H19NO. The number of rotatable bonds is 3. The van der Waals surface area contributed by atoms with Crippen molar-refractivity contribution in [2.75, 3.05) is 0 Å². The standard InChI is InChI=1S/C19H19NO/c1-13-8-9-14(2)15(11-13)12-19(21)17-5-3-7-18-16(17)6-4-10-20-18/h3-11,19,21H,12H2,1-2H3. The van der Waals surface area contributed by atoms with Crippen LogP contribution in [0.2, 0.25) is 0 Å². The first-order valence-corrected chi connectivity index (χ1v) is 7.23. The molecule has 2 aromatic carbocycles. The molecule has 1 aromatic heterocycles. The third kappa shape index (κ3) is 2.81. The fourth-order valence-corrected chi connectivity index (χ4v) is 2.76. The molecule has 0 saturated heterocycles. The molecule has 0 saturated carbocycles. The van der Waals surface area contributed by atoms with Crippen molar-refractivity contribution < 1.29 is 5.11 Å². The van der Waals surface area contributed by atoms with E-state index in [2.05, 4.69) is 37.0 Å². The van der Waals surface area contributed by atoms with Crippen molar-refractivity contribution in [2.24, 2.45) is 0 Å². The SMILES string of the molecule is Cc1ccc(C)c(CC(O)c2cccc3ncccc23)c1. The molecule has 1 atom stereocenters. The van der Waals surface area contributed by atoms with Crippen molar-refractivity contribution in [2.45, 2.75) is 26.4 Å². The molecule has 0 aliphatic heterocycles. The highest BCUT2D eigenvalue weighted by atomic mass is 16.3. The number of nitrogens with zero attached hydrogens (tertiary/aromatic N) is 1. The molecule has 1 heterocycles. The number of aryl methyl sites for hydroxylation is 2. The summed E-state index contributed by atoms with van der Waals surface area (Å²) in [5, 5.41) is 11.7. The van der Waals surface area contributed by atoms with Crippen LogP contribution in [0.4, 0.5) is 0 Å². The number of aliphatic hydroxyl groups excluding tert-OH is 1. The van der Waals surface area contributed by atoms with Gasteiger partial charge in [-0.2, -0.15) is 0 Å². The van der Waals surface area contributed by atoms with Crippen LogP contribution < -0.4 is 0 Å². The molecule has 0 spiro atoms. The summed E-state index contributed by atoms with van der Waals surface area (Å²) in [6.07, 6.45) is 1.89. The number of aromatic nitrogens is 1. The van der Waals surface area contributed by atoms with E-state index in [9.17, 15) is 5.11 Å². The van der Waals surface area contributed by atoms with E-state index < -0.39 is 6.10 Å². The van der Waals surface area contributed by atoms with Gasteiger partial charge in [0.2, 0.25) is 0 Å². The van der Waals surface area contributed by atoms with Gasteiger partial charge in [-0.15, -0.1) is 0 Å². The van der Waals surface area contributed by atoms with Crippen molar-refractivity contribution >= 4 is 10.9 Å². The lowest BCUT2D eigenvalue weighted by atomic mass is 9.95. The predicted molar refractivity (Wildman–Crippen MR) is 86.3 cm³/mol. The number of aliphatic hydroxyl groups is 1. The van der Waals surface area contributed by atoms with Crippen molar-refractivity contribution in [3.05, 3.63) is 77.0 Å². The molecular weight excluding hydrogens is 258 g/mol. The lowest BCUT2D eigenvalue weighted by Gasteiger charge is -2.15. The molecule has 3 aromatic rings. The fraction of sp³-hybridized carbons (Fsp3) is 0.211. The Morgan fingerprint density at radius 1 is 1.05 bits per heavy atom. The van der Waals surface area contributed by atoms with E-state index in [1.165, 1.54) is 16.7 Å². The minimum atomic E-state index is -0.515. The highest BCUT2D eigenvalue weighted by Gasteiger charge is 2.13. The van der Waals surface area contributed by atoms with Crippen LogP contribution in [0.3, 0.4) is 0 Å². The van der Waals surface area contributed by atoms with E-state index in [1.54, 1.807) is 6.20 Å². The summed E-state index contributed by atoms with van der Waals surface area (Å²) in [6.45, 7) is 4.17. The quantitative estimate of drug-likeness (QED) is 0.781. The topological polar surface area (TPSA) is 33.1 Å². The number of pyridine rings is 1. The molecule has 21 heavy (non-hydrogen) atoms. The predicted octanol–water partition coefficient (Wildman–Crippen LogP) is 4.13. The maximum absolute atomic E-state index is 10.7. The third-order valence-electron chi connectivity index (χ3n) is 3.96. The van der Waals surface area contributed by atoms with Crippen molar-refractivity contribution in [1.29, 1.82) is 0 Å². The van der Waals surface area contributed by atoms with Gasteiger partial charge in [0.25, 0.3) is 0 Å². The monoisotopic (exact) mass is 277 g/mol. The molecule has 0 aliphatic carbocycles. The zero-order valence-corrected chi connectivity index (χ0v) is 12.4. The second kappa shape index (κ2) is 5.66. The maximum Gasteiger partial charge on any atom is 0.0837 e. The molecule has 2 heteroatoms. The van der Waals surface area contributed by atoms with E-state index in [0.29, 0.717) is 6.42 Å². The Hall–Kier alpha value is -2.19. The van der Waals surface area contributed by atoms with Gasteiger partial charge in [0, 0.05) is 18.0 Å². The van der Waals surface area contributed by atoms with Crippen LogP contribution in [0, 0.1) is 13.8 Å². The van der Waals surface area contributed by atoms with Crippen molar-refractivity contribution in [3.8, 4) is 0 Å². The summed E-state index contributed by atoms with van der Waals surface area (Å²) >= 11 is 0. The Morgan fingerprint density at radius 3 is 2.76 bits per heavy atom. The van der Waals surface area contributed by atoms with E-state index in [4.69, 9.17) is 0 Å². The summed E-state index contributed by atoms with van der Waals surface area (Å²) in [5.41, 5.74) is 5.51. The van der Waals surface area contributed by atoms with Gasteiger partial charge < -0.3 is 5.11 Å². The van der Waals surface area contributed by atoms with E-state index in [-0.39, 0.29) is 0 Å². The van der Waals surface area contributed by atoms with E-state index >= 15 is 0 Å². The number of fused-ring (bicyclic) bond motifs is 1. The zero-order valence-electron chi connectivity index (χ0n) is 12.4. The molecule has 1 unspecified atom stereocenters. The van der Waals surface area contributed by atoms with Gasteiger partial charge in [0.1, 0.15) is 0 Å². The smallest absolute Gasteiger partial charge is 0.0837 e. The first kappa shape index (κ1) is 13.8. The van der Waals surface area contributed by atoms with Crippen LogP contribution in [0.5, 0.6) is 0 Å². The minimum Gasteiger partial charge on any atom is -0.388 e. The van der Waals surface area contributed by atoms with Gasteiger partial charge in [-0.05, 0) is 42.7 Å². The Labute approximate surface area is 125 Å². The minimum absolute atomic E-state index is 0.515. The molecule has 0 amide bonds. The number of benzene rings is 2. The average Bonchev–Trinajstić information content (AvgIpc) is 2.50. The first-order chi connectivity index (χ1) is 10.1. The summed E-state index contributed by atoms with van der Waals surface area (Å²) in [7, 11) is 0. The lowest BCUT2D eigenvalue weighted by molar-refractivity contribution is 0.180. The van der Waals surface area contributed by atoms with Crippen molar-refractivity contribution in [3.63, 3.8) is 0 Å². The molecule has 0 radical (unpaired) electrons. The van der Waals surface area contributed by atoms with Gasteiger partial charge in [-0.3, -0.25) is 4.98 Å². The third-order valence-corrected chi connectivity index (χ3v) is 3.96. The molecule has 0 bridgehead atoms. The first-order valence-electron chi connectivity index (χ1n) is 7.23. The molecule has 106 valence electrons. The number of hydrogen-bond acceptors (Lipinski definition) is 2. The van der Waals surface area contributed by atoms with Crippen LogP contribution in [-0.2, 0) is 6.42 Å². The summed E-state index contributed by atoms with van der Waals surface area (Å²) in [6, 6.07) is 16.2. The second-order valence-electron chi connectivity index (χ2n) is 5.57. The summed E-state index contributed by atoms with van der Waals surface area (Å²) < 4.78 is 0. The Balaban J connectivity index is 1.97. The number of hydrogen-bond donors (Lipinski definition) is 1. The summed E-state index contributed by atoms with van der Waals surface area (Å²) in [5.74, 6) is 0. The normalized spacial score (nSPS) is 12.5. The Kier molecular flexibility index (Phi) is 3.72. The highest BCUT2D eigenvalue weighted by Crippen LogP contribution is 2.26. The molecule has 3 rings (SSSR count).